The zero-order chi connectivity index (χ0) is 10.7. The molecular weight excluding hydrogens is 188 g/mol. The molecule has 0 aromatic heterocycles. The molecule has 15 heavy (non-hydrogen) atoms. The van der Waals surface area contributed by atoms with Crippen molar-refractivity contribution in [3.05, 3.63) is 29.8 Å². The van der Waals surface area contributed by atoms with Crippen LogP contribution in [0.3, 0.4) is 0 Å². The predicted molar refractivity (Wildman–Crippen MR) is 60.2 cm³/mol. The molecule has 2 heteroatoms. The van der Waals surface area contributed by atoms with Crippen molar-refractivity contribution in [2.24, 2.45) is 5.92 Å². The second-order valence-electron chi connectivity index (χ2n) is 4.41. The van der Waals surface area contributed by atoms with Crippen molar-refractivity contribution in [2.75, 3.05) is 13.2 Å². The van der Waals surface area contributed by atoms with Crippen molar-refractivity contribution >= 4 is 0 Å². The van der Waals surface area contributed by atoms with Gasteiger partial charge in [-0.3, -0.25) is 0 Å². The summed E-state index contributed by atoms with van der Waals surface area (Å²) in [5, 5.41) is 9.01. The minimum atomic E-state index is 0.197. The quantitative estimate of drug-likeness (QED) is 0.802. The maximum atomic E-state index is 9.01. The topological polar surface area (TPSA) is 29.5 Å². The summed E-state index contributed by atoms with van der Waals surface area (Å²) >= 11 is 0. The van der Waals surface area contributed by atoms with E-state index < -0.39 is 0 Å². The smallest absolute Gasteiger partial charge is 0.119 e. The van der Waals surface area contributed by atoms with Crippen LogP contribution in [0.25, 0.3) is 0 Å². The van der Waals surface area contributed by atoms with Gasteiger partial charge in [0.25, 0.3) is 0 Å². The van der Waals surface area contributed by atoms with Gasteiger partial charge in [0.2, 0.25) is 0 Å². The van der Waals surface area contributed by atoms with E-state index in [1.54, 1.807) is 0 Å². The molecule has 2 nitrogen and oxygen atoms in total. The Morgan fingerprint density at radius 2 is 2.00 bits per heavy atom. The second-order valence-corrected chi connectivity index (χ2v) is 4.41. The molecule has 0 heterocycles. The first-order valence-electron chi connectivity index (χ1n) is 5.63. The van der Waals surface area contributed by atoms with E-state index in [-0.39, 0.29) is 12.5 Å². The van der Waals surface area contributed by atoms with Crippen LogP contribution in [0.5, 0.6) is 5.75 Å². The molecular formula is C13H18O2. The SMILES string of the molecule is CC(CO)c1ccc(OCC2CC2)cc1. The summed E-state index contributed by atoms with van der Waals surface area (Å²) in [5.41, 5.74) is 1.16. The fourth-order valence-electron chi connectivity index (χ4n) is 1.50. The fourth-order valence-corrected chi connectivity index (χ4v) is 1.50. The van der Waals surface area contributed by atoms with E-state index in [4.69, 9.17) is 9.84 Å². The number of benzene rings is 1. The van der Waals surface area contributed by atoms with Crippen LogP contribution in [0, 0.1) is 5.92 Å². The minimum absolute atomic E-state index is 0.197. The van der Waals surface area contributed by atoms with Gasteiger partial charge in [0.1, 0.15) is 5.75 Å². The lowest BCUT2D eigenvalue weighted by Gasteiger charge is -2.09. The van der Waals surface area contributed by atoms with Crippen molar-refractivity contribution in [2.45, 2.75) is 25.7 Å². The van der Waals surface area contributed by atoms with Gasteiger partial charge >= 0.3 is 0 Å². The van der Waals surface area contributed by atoms with Crippen molar-refractivity contribution in [3.63, 3.8) is 0 Å². The predicted octanol–water partition coefficient (Wildman–Crippen LogP) is 2.57. The largest absolute Gasteiger partial charge is 0.493 e. The average Bonchev–Trinajstić information content (AvgIpc) is 3.10. The zero-order valence-electron chi connectivity index (χ0n) is 9.15. The Labute approximate surface area is 90.9 Å². The van der Waals surface area contributed by atoms with Crippen molar-refractivity contribution in [1.82, 2.24) is 0 Å². The molecule has 0 spiro atoms. The Morgan fingerprint density at radius 3 is 2.53 bits per heavy atom. The summed E-state index contributed by atoms with van der Waals surface area (Å²) < 4.78 is 5.64. The van der Waals surface area contributed by atoms with E-state index in [2.05, 4.69) is 0 Å². The van der Waals surface area contributed by atoms with Gasteiger partial charge < -0.3 is 9.84 Å². The molecule has 1 unspecified atom stereocenters. The summed E-state index contributed by atoms with van der Waals surface area (Å²) in [6, 6.07) is 8.04. The molecule has 0 amide bonds. The van der Waals surface area contributed by atoms with E-state index >= 15 is 0 Å². The highest BCUT2D eigenvalue weighted by Gasteiger charge is 2.21. The highest BCUT2D eigenvalue weighted by molar-refractivity contribution is 5.29. The second kappa shape index (κ2) is 4.67. The lowest BCUT2D eigenvalue weighted by atomic mass is 10.0. The van der Waals surface area contributed by atoms with Crippen molar-refractivity contribution < 1.29 is 9.84 Å². The highest BCUT2D eigenvalue weighted by atomic mass is 16.5. The van der Waals surface area contributed by atoms with Gasteiger partial charge in [0.15, 0.2) is 0 Å². The normalized spacial score (nSPS) is 17.5. The Morgan fingerprint density at radius 1 is 1.33 bits per heavy atom. The molecule has 1 aromatic carbocycles. The molecule has 1 aliphatic carbocycles. The van der Waals surface area contributed by atoms with Crippen LogP contribution in [0.1, 0.15) is 31.2 Å². The highest BCUT2D eigenvalue weighted by Crippen LogP contribution is 2.29. The summed E-state index contributed by atoms with van der Waals surface area (Å²) in [6.45, 7) is 3.07. The lowest BCUT2D eigenvalue weighted by molar-refractivity contribution is 0.272. The molecule has 2 rings (SSSR count). The number of hydrogen-bond donors (Lipinski definition) is 1. The summed E-state index contributed by atoms with van der Waals surface area (Å²) in [5.74, 6) is 1.94. The maximum absolute atomic E-state index is 9.01. The van der Waals surface area contributed by atoms with Gasteiger partial charge in [-0.2, -0.15) is 0 Å². The van der Waals surface area contributed by atoms with Crippen LogP contribution in [0.4, 0.5) is 0 Å². The van der Waals surface area contributed by atoms with E-state index in [0.29, 0.717) is 0 Å². The van der Waals surface area contributed by atoms with Gasteiger partial charge in [-0.05, 0) is 36.5 Å². The van der Waals surface area contributed by atoms with Crippen molar-refractivity contribution in [3.8, 4) is 5.75 Å². The molecule has 1 atom stereocenters. The molecule has 1 saturated carbocycles. The first-order chi connectivity index (χ1) is 7.29. The average molecular weight is 206 g/mol. The van der Waals surface area contributed by atoms with Gasteiger partial charge in [0.05, 0.1) is 6.61 Å². The number of hydrogen-bond acceptors (Lipinski definition) is 2. The standard InChI is InChI=1S/C13H18O2/c1-10(8-14)12-4-6-13(7-5-12)15-9-11-2-3-11/h4-7,10-11,14H,2-3,8-9H2,1H3. The van der Waals surface area contributed by atoms with Gasteiger partial charge in [-0.15, -0.1) is 0 Å². The third-order valence-corrected chi connectivity index (χ3v) is 2.91. The van der Waals surface area contributed by atoms with Gasteiger partial charge in [-0.25, -0.2) is 0 Å². The van der Waals surface area contributed by atoms with Crippen LogP contribution in [-0.4, -0.2) is 18.3 Å². The molecule has 1 aromatic rings. The zero-order valence-corrected chi connectivity index (χ0v) is 9.15. The van der Waals surface area contributed by atoms with E-state index in [1.807, 2.05) is 31.2 Å². The summed E-state index contributed by atoms with van der Waals surface area (Å²) in [4.78, 5) is 0. The Kier molecular flexibility index (Phi) is 3.27. The first-order valence-corrected chi connectivity index (χ1v) is 5.63. The molecule has 82 valence electrons. The van der Waals surface area contributed by atoms with Gasteiger partial charge in [-0.1, -0.05) is 19.1 Å². The van der Waals surface area contributed by atoms with Crippen LogP contribution in [-0.2, 0) is 0 Å². The van der Waals surface area contributed by atoms with Crippen LogP contribution in [0.15, 0.2) is 24.3 Å². The van der Waals surface area contributed by atoms with Crippen LogP contribution in [0.2, 0.25) is 0 Å². The molecule has 1 fully saturated rings. The fraction of sp³-hybridized carbons (Fsp3) is 0.538. The van der Waals surface area contributed by atoms with Crippen LogP contribution < -0.4 is 4.74 Å². The summed E-state index contributed by atoms with van der Waals surface area (Å²) in [7, 11) is 0. The third kappa shape index (κ3) is 2.96. The molecule has 0 bridgehead atoms. The number of rotatable bonds is 5. The third-order valence-electron chi connectivity index (χ3n) is 2.91. The first kappa shape index (κ1) is 10.5. The molecule has 0 saturated heterocycles. The lowest BCUT2D eigenvalue weighted by Crippen LogP contribution is -2.01. The monoisotopic (exact) mass is 206 g/mol. The van der Waals surface area contributed by atoms with E-state index in [0.717, 1.165) is 23.8 Å². The Bertz CT molecular complexity index is 301. The number of aliphatic hydroxyl groups is 1. The Balaban J connectivity index is 1.90. The molecule has 0 aliphatic heterocycles. The number of ether oxygens (including phenoxy) is 1. The van der Waals surface area contributed by atoms with Gasteiger partial charge in [0, 0.05) is 12.5 Å². The number of aliphatic hydroxyl groups excluding tert-OH is 1. The molecule has 0 radical (unpaired) electrons. The minimum Gasteiger partial charge on any atom is -0.493 e. The Hall–Kier alpha value is -1.02. The van der Waals surface area contributed by atoms with E-state index in [1.165, 1.54) is 12.8 Å². The summed E-state index contributed by atoms with van der Waals surface area (Å²) in [6.07, 6.45) is 2.64. The molecule has 1 aliphatic rings. The molecule has 1 N–H and O–H groups in total. The van der Waals surface area contributed by atoms with Crippen molar-refractivity contribution in [1.29, 1.82) is 0 Å². The van der Waals surface area contributed by atoms with Crippen LogP contribution >= 0.6 is 0 Å². The maximum Gasteiger partial charge on any atom is 0.119 e. The van der Waals surface area contributed by atoms with E-state index in [9.17, 15) is 0 Å².